The summed E-state index contributed by atoms with van der Waals surface area (Å²) in [5, 5.41) is 19.6. The highest BCUT2D eigenvalue weighted by Crippen LogP contribution is 2.35. The lowest BCUT2D eigenvalue weighted by Gasteiger charge is -2.17. The van der Waals surface area contributed by atoms with E-state index < -0.39 is 18.2 Å². The molecule has 1 aliphatic heterocycles. The number of ether oxygens (including phenoxy) is 3. The molecule has 1 heterocycles. The zero-order valence-corrected chi connectivity index (χ0v) is 9.83. The molecule has 0 fully saturated rings. The minimum Gasteiger partial charge on any atom is -0.469 e. The number of aliphatic hydroxyl groups excluding tert-OH is 2. The minimum atomic E-state index is -1.22. The molecule has 2 rings (SSSR count). The Morgan fingerprint density at radius 3 is 2.83 bits per heavy atom. The first-order valence-corrected chi connectivity index (χ1v) is 5.44. The summed E-state index contributed by atoms with van der Waals surface area (Å²) >= 11 is 0. The Kier molecular flexibility index (Phi) is 3.69. The van der Waals surface area contributed by atoms with E-state index in [1.807, 2.05) is 0 Å². The molecule has 2 N–H and O–H groups in total. The SMILES string of the molecule is COC(=O)CC(O)C(O)c1ccc2c(c1)OCO2. The van der Waals surface area contributed by atoms with Crippen LogP contribution in [0, 0.1) is 0 Å². The molecule has 1 aromatic carbocycles. The normalized spacial score (nSPS) is 16.2. The van der Waals surface area contributed by atoms with Crippen LogP contribution in [0.15, 0.2) is 18.2 Å². The van der Waals surface area contributed by atoms with Crippen LogP contribution < -0.4 is 9.47 Å². The Morgan fingerprint density at radius 2 is 2.11 bits per heavy atom. The summed E-state index contributed by atoms with van der Waals surface area (Å²) in [5.74, 6) is 0.521. The molecule has 98 valence electrons. The van der Waals surface area contributed by atoms with E-state index in [-0.39, 0.29) is 13.2 Å². The van der Waals surface area contributed by atoms with Gasteiger partial charge in [-0.3, -0.25) is 4.79 Å². The zero-order chi connectivity index (χ0) is 13.1. The van der Waals surface area contributed by atoms with Crippen LogP contribution in [0.2, 0.25) is 0 Å². The number of carbonyl (C=O) groups is 1. The van der Waals surface area contributed by atoms with Gasteiger partial charge in [0.1, 0.15) is 6.10 Å². The van der Waals surface area contributed by atoms with Crippen molar-refractivity contribution in [2.24, 2.45) is 0 Å². The zero-order valence-electron chi connectivity index (χ0n) is 9.83. The molecule has 0 aromatic heterocycles. The molecule has 6 heteroatoms. The van der Waals surface area contributed by atoms with Crippen molar-refractivity contribution in [1.29, 1.82) is 0 Å². The van der Waals surface area contributed by atoms with E-state index in [4.69, 9.17) is 9.47 Å². The molecule has 2 atom stereocenters. The molecule has 0 saturated heterocycles. The molecule has 0 saturated carbocycles. The topological polar surface area (TPSA) is 85.2 Å². The van der Waals surface area contributed by atoms with Crippen LogP contribution in [0.1, 0.15) is 18.1 Å². The molecular weight excluding hydrogens is 240 g/mol. The van der Waals surface area contributed by atoms with Crippen molar-refractivity contribution in [2.75, 3.05) is 13.9 Å². The molecule has 6 nitrogen and oxygen atoms in total. The number of methoxy groups -OCH3 is 1. The molecule has 0 amide bonds. The first-order chi connectivity index (χ1) is 8.61. The van der Waals surface area contributed by atoms with Crippen LogP contribution in [0.4, 0.5) is 0 Å². The second kappa shape index (κ2) is 5.24. The highest BCUT2D eigenvalue weighted by atomic mass is 16.7. The Labute approximate surface area is 104 Å². The number of aliphatic hydroxyl groups is 2. The van der Waals surface area contributed by atoms with Gasteiger partial charge in [0.25, 0.3) is 0 Å². The molecule has 1 aromatic rings. The minimum absolute atomic E-state index is 0.138. The van der Waals surface area contributed by atoms with E-state index in [1.54, 1.807) is 18.2 Å². The fourth-order valence-corrected chi connectivity index (χ4v) is 1.68. The Morgan fingerprint density at radius 1 is 1.39 bits per heavy atom. The molecule has 0 aliphatic carbocycles. The molecule has 0 radical (unpaired) electrons. The number of benzene rings is 1. The van der Waals surface area contributed by atoms with E-state index in [9.17, 15) is 15.0 Å². The Hall–Kier alpha value is -1.79. The van der Waals surface area contributed by atoms with Crippen LogP contribution in [0.5, 0.6) is 11.5 Å². The predicted octanol–water partition coefficient (Wildman–Crippen LogP) is 0.373. The van der Waals surface area contributed by atoms with E-state index in [0.717, 1.165) is 0 Å². The van der Waals surface area contributed by atoms with Crippen LogP contribution in [0.25, 0.3) is 0 Å². The second-order valence-electron chi connectivity index (χ2n) is 3.91. The molecule has 0 spiro atoms. The van der Waals surface area contributed by atoms with E-state index >= 15 is 0 Å². The third kappa shape index (κ3) is 2.55. The van der Waals surface area contributed by atoms with Gasteiger partial charge in [-0.1, -0.05) is 6.07 Å². The van der Waals surface area contributed by atoms with Crippen molar-refractivity contribution in [3.63, 3.8) is 0 Å². The summed E-state index contributed by atoms with van der Waals surface area (Å²) < 4.78 is 14.7. The first-order valence-electron chi connectivity index (χ1n) is 5.44. The van der Waals surface area contributed by atoms with Gasteiger partial charge in [0.15, 0.2) is 11.5 Å². The maximum absolute atomic E-state index is 11.0. The van der Waals surface area contributed by atoms with Gasteiger partial charge < -0.3 is 24.4 Å². The fourth-order valence-electron chi connectivity index (χ4n) is 1.68. The van der Waals surface area contributed by atoms with Gasteiger partial charge in [-0.05, 0) is 17.7 Å². The molecule has 18 heavy (non-hydrogen) atoms. The van der Waals surface area contributed by atoms with Gasteiger partial charge in [-0.25, -0.2) is 0 Å². The Bertz CT molecular complexity index is 444. The molecule has 1 aliphatic rings. The lowest BCUT2D eigenvalue weighted by atomic mass is 10.0. The van der Waals surface area contributed by atoms with Crippen LogP contribution in [-0.4, -0.2) is 36.2 Å². The number of hydrogen-bond donors (Lipinski definition) is 2. The van der Waals surface area contributed by atoms with Crippen LogP contribution >= 0.6 is 0 Å². The van der Waals surface area contributed by atoms with E-state index in [2.05, 4.69) is 4.74 Å². The van der Waals surface area contributed by atoms with Crippen molar-refractivity contribution in [3.05, 3.63) is 23.8 Å². The van der Waals surface area contributed by atoms with Gasteiger partial charge in [0.05, 0.1) is 19.6 Å². The summed E-state index contributed by atoms with van der Waals surface area (Å²) in [6.45, 7) is 0.138. The highest BCUT2D eigenvalue weighted by molar-refractivity contribution is 5.69. The van der Waals surface area contributed by atoms with Crippen molar-refractivity contribution in [2.45, 2.75) is 18.6 Å². The van der Waals surface area contributed by atoms with Gasteiger partial charge >= 0.3 is 5.97 Å². The van der Waals surface area contributed by atoms with Gasteiger partial charge in [0, 0.05) is 0 Å². The summed E-state index contributed by atoms with van der Waals surface area (Å²) in [4.78, 5) is 11.0. The predicted molar refractivity (Wildman–Crippen MR) is 60.2 cm³/mol. The summed E-state index contributed by atoms with van der Waals surface area (Å²) in [5.41, 5.74) is 0.454. The quantitative estimate of drug-likeness (QED) is 0.755. The average molecular weight is 254 g/mol. The monoisotopic (exact) mass is 254 g/mol. The van der Waals surface area contributed by atoms with Crippen LogP contribution in [0.3, 0.4) is 0 Å². The number of carbonyl (C=O) groups excluding carboxylic acids is 1. The van der Waals surface area contributed by atoms with Crippen molar-refractivity contribution in [3.8, 4) is 11.5 Å². The smallest absolute Gasteiger partial charge is 0.308 e. The van der Waals surface area contributed by atoms with Crippen molar-refractivity contribution in [1.82, 2.24) is 0 Å². The molecule has 2 unspecified atom stereocenters. The molecular formula is C12H14O6. The fraction of sp³-hybridized carbons (Fsp3) is 0.417. The van der Waals surface area contributed by atoms with Crippen molar-refractivity contribution < 1.29 is 29.2 Å². The summed E-state index contributed by atoms with van der Waals surface area (Å²) in [6.07, 6.45) is -2.68. The number of hydrogen-bond acceptors (Lipinski definition) is 6. The highest BCUT2D eigenvalue weighted by Gasteiger charge is 2.24. The van der Waals surface area contributed by atoms with Gasteiger partial charge in [-0.2, -0.15) is 0 Å². The maximum Gasteiger partial charge on any atom is 0.308 e. The largest absolute Gasteiger partial charge is 0.469 e. The number of rotatable bonds is 4. The summed E-state index contributed by atoms with van der Waals surface area (Å²) in [6, 6.07) is 4.83. The van der Waals surface area contributed by atoms with Gasteiger partial charge in [-0.15, -0.1) is 0 Å². The lowest BCUT2D eigenvalue weighted by molar-refractivity contribution is -0.144. The average Bonchev–Trinajstić information content (AvgIpc) is 2.84. The second-order valence-corrected chi connectivity index (χ2v) is 3.91. The van der Waals surface area contributed by atoms with Gasteiger partial charge in [0.2, 0.25) is 6.79 Å². The summed E-state index contributed by atoms with van der Waals surface area (Å²) in [7, 11) is 1.22. The number of esters is 1. The van der Waals surface area contributed by atoms with Crippen molar-refractivity contribution >= 4 is 5.97 Å². The number of fused-ring (bicyclic) bond motifs is 1. The maximum atomic E-state index is 11.0. The lowest BCUT2D eigenvalue weighted by Crippen LogP contribution is -2.22. The standard InChI is InChI=1S/C12H14O6/c1-16-11(14)5-8(13)12(15)7-2-3-9-10(4-7)18-6-17-9/h2-4,8,12-13,15H,5-6H2,1H3. The molecule has 0 bridgehead atoms. The third-order valence-electron chi connectivity index (χ3n) is 2.71. The van der Waals surface area contributed by atoms with E-state index in [1.165, 1.54) is 7.11 Å². The van der Waals surface area contributed by atoms with E-state index in [0.29, 0.717) is 17.1 Å². The Balaban J connectivity index is 2.08. The van der Waals surface area contributed by atoms with Crippen LogP contribution in [-0.2, 0) is 9.53 Å². The first kappa shape index (κ1) is 12.7. The third-order valence-corrected chi connectivity index (χ3v) is 2.71.